The number of rotatable bonds is 4. The van der Waals surface area contributed by atoms with Gasteiger partial charge in [-0.2, -0.15) is 0 Å². The van der Waals surface area contributed by atoms with Crippen molar-refractivity contribution < 1.29 is 23.9 Å². The molecule has 23 heavy (non-hydrogen) atoms. The molecule has 4 atom stereocenters. The van der Waals surface area contributed by atoms with Crippen LogP contribution in [0.4, 0.5) is 11.4 Å². The van der Waals surface area contributed by atoms with Crippen molar-refractivity contribution in [1.82, 2.24) is 0 Å². The Balaban J connectivity index is 1.92. The number of carbonyl (C=O) groups excluding carboxylic acids is 4. The molecule has 1 fully saturated rings. The molecule has 120 valence electrons. The highest BCUT2D eigenvalue weighted by atomic mass is 16.5. The summed E-state index contributed by atoms with van der Waals surface area (Å²) in [5.74, 6) is -6.24. The first kappa shape index (κ1) is 15.0. The van der Waals surface area contributed by atoms with Crippen molar-refractivity contribution in [3.05, 3.63) is 24.3 Å². The van der Waals surface area contributed by atoms with Crippen LogP contribution in [0.15, 0.2) is 24.3 Å². The van der Waals surface area contributed by atoms with Crippen LogP contribution < -0.4 is 22.1 Å². The summed E-state index contributed by atoms with van der Waals surface area (Å²) in [6, 6.07) is 6.90. The molecule has 9 nitrogen and oxygen atoms in total. The van der Waals surface area contributed by atoms with E-state index < -0.39 is 47.7 Å². The molecule has 1 aromatic rings. The summed E-state index contributed by atoms with van der Waals surface area (Å²) in [6.45, 7) is 0. The average Bonchev–Trinajstić information content (AvgIpc) is 3.05. The van der Waals surface area contributed by atoms with Crippen molar-refractivity contribution >= 4 is 35.0 Å². The molecular weight excluding hydrogens is 304 g/mol. The zero-order chi connectivity index (χ0) is 16.9. The number of para-hydroxylation sites is 2. The van der Waals surface area contributed by atoms with E-state index in [0.717, 1.165) is 0 Å². The van der Waals surface area contributed by atoms with Crippen molar-refractivity contribution in [3.63, 3.8) is 0 Å². The van der Waals surface area contributed by atoms with E-state index in [0.29, 0.717) is 11.4 Å². The van der Waals surface area contributed by atoms with E-state index in [1.165, 1.54) is 4.90 Å². The van der Waals surface area contributed by atoms with Gasteiger partial charge in [0.2, 0.25) is 17.7 Å². The molecule has 4 unspecified atom stereocenters. The predicted octanol–water partition coefficient (Wildman–Crippen LogP) is -1.88. The molecule has 3 rings (SSSR count). The van der Waals surface area contributed by atoms with Gasteiger partial charge in [-0.3, -0.25) is 24.1 Å². The molecule has 1 saturated heterocycles. The van der Waals surface area contributed by atoms with Gasteiger partial charge in [0.25, 0.3) is 5.91 Å². The lowest BCUT2D eigenvalue weighted by Gasteiger charge is -2.17. The second-order valence-electron chi connectivity index (χ2n) is 5.40. The Labute approximate surface area is 130 Å². The van der Waals surface area contributed by atoms with Gasteiger partial charge < -0.3 is 21.9 Å². The summed E-state index contributed by atoms with van der Waals surface area (Å²) >= 11 is 0. The van der Waals surface area contributed by atoms with Gasteiger partial charge in [-0.05, 0) is 12.1 Å². The van der Waals surface area contributed by atoms with Gasteiger partial charge in [0.05, 0.1) is 23.2 Å². The minimum atomic E-state index is -1.47. The molecule has 0 bridgehead atoms. The number of hydrogen-bond donors (Lipinski definition) is 3. The van der Waals surface area contributed by atoms with Crippen LogP contribution in [-0.4, -0.2) is 35.8 Å². The van der Waals surface area contributed by atoms with Gasteiger partial charge in [-0.25, -0.2) is 0 Å². The molecule has 1 aromatic carbocycles. The minimum Gasteiger partial charge on any atom is -0.369 e. The standard InChI is InChI=1S/C14H14N4O5/c15-11(19)7-8(12(16)20)10(23-9(7)13(17)21)14(22)18-5-3-1-2-4-6(5)18/h1-4,7-10H,(H2,15,19)(H2,16,20)(H2,17,21). The van der Waals surface area contributed by atoms with E-state index in [-0.39, 0.29) is 0 Å². The van der Waals surface area contributed by atoms with Crippen molar-refractivity contribution in [2.24, 2.45) is 29.0 Å². The normalized spacial score (nSPS) is 28.1. The van der Waals surface area contributed by atoms with Crippen molar-refractivity contribution in [3.8, 4) is 0 Å². The molecule has 0 aliphatic carbocycles. The lowest BCUT2D eigenvalue weighted by molar-refractivity contribution is -0.139. The number of benzene rings is 1. The van der Waals surface area contributed by atoms with Crippen LogP contribution in [0.3, 0.4) is 0 Å². The third-order valence-corrected chi connectivity index (χ3v) is 4.05. The largest absolute Gasteiger partial charge is 0.369 e. The maximum Gasteiger partial charge on any atom is 0.261 e. The number of primary amides is 3. The van der Waals surface area contributed by atoms with Crippen molar-refractivity contribution in [2.45, 2.75) is 12.2 Å². The lowest BCUT2D eigenvalue weighted by atomic mass is 9.85. The lowest BCUT2D eigenvalue weighted by Crippen LogP contribution is -2.46. The molecule has 2 heterocycles. The number of nitrogens with zero attached hydrogens (tertiary/aromatic N) is 1. The third-order valence-electron chi connectivity index (χ3n) is 4.05. The van der Waals surface area contributed by atoms with Gasteiger partial charge >= 0.3 is 0 Å². The number of fused-ring (bicyclic) bond motifs is 1. The molecule has 4 amide bonds. The van der Waals surface area contributed by atoms with Gasteiger partial charge in [-0.15, -0.1) is 0 Å². The Kier molecular flexibility index (Phi) is 3.29. The Bertz CT molecular complexity index is 711. The first-order valence-electron chi connectivity index (χ1n) is 6.81. The zero-order valence-electron chi connectivity index (χ0n) is 11.8. The first-order valence-corrected chi connectivity index (χ1v) is 6.81. The molecule has 0 saturated carbocycles. The fraction of sp³-hybridized carbons (Fsp3) is 0.286. The number of anilines is 2. The first-order chi connectivity index (χ1) is 10.8. The molecule has 2 aliphatic heterocycles. The van der Waals surface area contributed by atoms with E-state index >= 15 is 0 Å². The predicted molar refractivity (Wildman–Crippen MR) is 76.8 cm³/mol. The van der Waals surface area contributed by atoms with Crippen LogP contribution in [0.25, 0.3) is 0 Å². The highest BCUT2D eigenvalue weighted by Gasteiger charge is 2.57. The van der Waals surface area contributed by atoms with Gasteiger partial charge in [-0.1, -0.05) is 12.1 Å². The van der Waals surface area contributed by atoms with Gasteiger partial charge in [0.1, 0.15) is 6.10 Å². The number of hydrogen-bond acceptors (Lipinski definition) is 5. The van der Waals surface area contributed by atoms with E-state index in [1.54, 1.807) is 24.3 Å². The Morgan fingerprint density at radius 2 is 1.30 bits per heavy atom. The Hall–Kier alpha value is -2.94. The van der Waals surface area contributed by atoms with E-state index in [4.69, 9.17) is 21.9 Å². The van der Waals surface area contributed by atoms with E-state index in [9.17, 15) is 19.2 Å². The highest BCUT2D eigenvalue weighted by Crippen LogP contribution is 2.49. The summed E-state index contributed by atoms with van der Waals surface area (Å²) < 4.78 is 5.30. The second kappa shape index (κ2) is 5.06. The monoisotopic (exact) mass is 318 g/mol. The van der Waals surface area contributed by atoms with Crippen LogP contribution in [0.2, 0.25) is 0 Å². The molecule has 2 aliphatic rings. The fourth-order valence-electron chi connectivity index (χ4n) is 2.98. The smallest absolute Gasteiger partial charge is 0.261 e. The number of ether oxygens (including phenoxy) is 1. The summed E-state index contributed by atoms with van der Waals surface area (Å²) in [7, 11) is 0. The summed E-state index contributed by atoms with van der Waals surface area (Å²) in [4.78, 5) is 48.7. The summed E-state index contributed by atoms with van der Waals surface area (Å²) in [5.41, 5.74) is 17.0. The quantitative estimate of drug-likeness (QED) is 0.553. The van der Waals surface area contributed by atoms with E-state index in [1.807, 2.05) is 0 Å². The van der Waals surface area contributed by atoms with Crippen molar-refractivity contribution in [2.75, 3.05) is 4.90 Å². The average molecular weight is 318 g/mol. The van der Waals surface area contributed by atoms with Crippen LogP contribution >= 0.6 is 0 Å². The maximum atomic E-state index is 12.6. The maximum absolute atomic E-state index is 12.6. The third kappa shape index (κ3) is 2.21. The van der Waals surface area contributed by atoms with Crippen molar-refractivity contribution in [1.29, 1.82) is 0 Å². The SMILES string of the molecule is NC(=O)C1OC(C(=O)N2c3ccccc32)C(C(N)=O)C1C(N)=O. The zero-order valence-corrected chi connectivity index (χ0v) is 11.8. The molecule has 0 aromatic heterocycles. The molecule has 9 heteroatoms. The number of amides is 4. The number of nitrogens with two attached hydrogens (primary N) is 3. The van der Waals surface area contributed by atoms with E-state index in [2.05, 4.69) is 0 Å². The van der Waals surface area contributed by atoms with Crippen LogP contribution in [-0.2, 0) is 23.9 Å². The van der Waals surface area contributed by atoms with Crippen LogP contribution in [0, 0.1) is 11.8 Å². The second-order valence-corrected chi connectivity index (χ2v) is 5.40. The molecular formula is C14H14N4O5. The fourth-order valence-corrected chi connectivity index (χ4v) is 2.98. The Morgan fingerprint density at radius 1 is 0.826 bits per heavy atom. The Morgan fingerprint density at radius 3 is 1.74 bits per heavy atom. The van der Waals surface area contributed by atoms with Gasteiger partial charge in [0.15, 0.2) is 6.10 Å². The van der Waals surface area contributed by atoms with Crippen LogP contribution in [0.1, 0.15) is 0 Å². The molecule has 0 spiro atoms. The molecule has 6 N–H and O–H groups in total. The van der Waals surface area contributed by atoms with Gasteiger partial charge in [0, 0.05) is 0 Å². The number of carbonyl (C=O) groups is 4. The minimum absolute atomic E-state index is 0.593. The highest BCUT2D eigenvalue weighted by molar-refractivity contribution is 6.18. The summed E-state index contributed by atoms with van der Waals surface area (Å²) in [6.07, 6.45) is -2.86. The summed E-state index contributed by atoms with van der Waals surface area (Å²) in [5, 5.41) is 0. The topological polar surface area (TPSA) is 159 Å². The van der Waals surface area contributed by atoms with Crippen LogP contribution in [0.5, 0.6) is 0 Å². The molecule has 0 radical (unpaired) electrons.